The maximum Gasteiger partial charge on any atom is 0.240 e. The summed E-state index contributed by atoms with van der Waals surface area (Å²) < 4.78 is 3.21. The first-order chi connectivity index (χ1) is 12.7. The molecule has 0 unspecified atom stereocenters. The van der Waals surface area contributed by atoms with Crippen LogP contribution < -0.4 is 4.90 Å². The number of carbonyl (C=O) groups excluding carboxylic acids is 1. The average molecular weight is 410 g/mol. The lowest BCUT2D eigenvalue weighted by molar-refractivity contribution is -0.123. The summed E-state index contributed by atoms with van der Waals surface area (Å²) in [5.74, 6) is 1.01. The number of halogens is 1. The Morgan fingerprint density at radius 3 is 2.65 bits per heavy atom. The zero-order valence-corrected chi connectivity index (χ0v) is 16.1. The van der Waals surface area contributed by atoms with Crippen LogP contribution in [0.25, 0.3) is 11.0 Å². The second-order valence-electron chi connectivity index (χ2n) is 7.31. The number of carbonyl (C=O) groups is 1. The van der Waals surface area contributed by atoms with E-state index in [1.54, 1.807) is 0 Å². The van der Waals surface area contributed by atoms with Crippen LogP contribution in [-0.4, -0.2) is 22.0 Å². The third-order valence-electron chi connectivity index (χ3n) is 5.91. The maximum absolute atomic E-state index is 13.8. The van der Waals surface area contributed by atoms with Crippen LogP contribution in [0.4, 0.5) is 5.95 Å². The first-order valence-corrected chi connectivity index (χ1v) is 10.0. The van der Waals surface area contributed by atoms with Crippen LogP contribution in [0.2, 0.25) is 0 Å². The highest BCUT2D eigenvalue weighted by Crippen LogP contribution is 2.44. The molecule has 1 aliphatic heterocycles. The van der Waals surface area contributed by atoms with Crippen molar-refractivity contribution in [2.24, 2.45) is 0 Å². The summed E-state index contributed by atoms with van der Waals surface area (Å²) in [7, 11) is 0. The fraction of sp³-hybridized carbons (Fsp3) is 0.333. The predicted octanol–water partition coefficient (Wildman–Crippen LogP) is 4.66. The van der Waals surface area contributed by atoms with Gasteiger partial charge in [-0.2, -0.15) is 0 Å². The summed E-state index contributed by atoms with van der Waals surface area (Å²) in [5.41, 5.74) is 2.78. The molecule has 2 aliphatic rings. The van der Waals surface area contributed by atoms with Gasteiger partial charge in [-0.15, -0.1) is 0 Å². The number of hydrogen-bond acceptors (Lipinski definition) is 2. The quantitative estimate of drug-likeness (QED) is 0.617. The van der Waals surface area contributed by atoms with E-state index in [0.717, 1.165) is 59.2 Å². The Labute approximate surface area is 161 Å². The van der Waals surface area contributed by atoms with Gasteiger partial charge in [0.25, 0.3) is 0 Å². The van der Waals surface area contributed by atoms with E-state index in [4.69, 9.17) is 4.98 Å². The van der Waals surface area contributed by atoms with Crippen LogP contribution in [0, 0.1) is 0 Å². The second-order valence-corrected chi connectivity index (χ2v) is 8.22. The molecule has 26 heavy (non-hydrogen) atoms. The summed E-state index contributed by atoms with van der Waals surface area (Å²) in [4.78, 5) is 20.5. The minimum atomic E-state index is -0.420. The van der Waals surface area contributed by atoms with E-state index >= 15 is 0 Å². The van der Waals surface area contributed by atoms with E-state index in [0.29, 0.717) is 6.54 Å². The Bertz CT molecular complexity index is 1000. The Morgan fingerprint density at radius 2 is 1.85 bits per heavy atom. The molecule has 0 saturated heterocycles. The Morgan fingerprint density at radius 1 is 1.04 bits per heavy atom. The molecular weight excluding hydrogens is 390 g/mol. The number of para-hydroxylation sites is 2. The molecule has 1 aliphatic carbocycles. The van der Waals surface area contributed by atoms with Gasteiger partial charge in [0.05, 0.1) is 16.4 Å². The average Bonchev–Trinajstić information content (AvgIpc) is 3.37. The zero-order chi connectivity index (χ0) is 17.7. The zero-order valence-electron chi connectivity index (χ0n) is 14.5. The van der Waals surface area contributed by atoms with Crippen molar-refractivity contribution in [2.45, 2.75) is 37.6 Å². The lowest BCUT2D eigenvalue weighted by atomic mass is 9.77. The third kappa shape index (κ3) is 2.26. The Hall–Kier alpha value is -2.14. The number of imidazole rings is 1. The van der Waals surface area contributed by atoms with Gasteiger partial charge >= 0.3 is 0 Å². The predicted molar refractivity (Wildman–Crippen MR) is 106 cm³/mol. The van der Waals surface area contributed by atoms with Gasteiger partial charge in [0.15, 0.2) is 0 Å². The molecule has 1 saturated carbocycles. The van der Waals surface area contributed by atoms with Gasteiger partial charge in [-0.25, -0.2) is 4.98 Å². The molecule has 3 aromatic rings. The smallest absolute Gasteiger partial charge is 0.240 e. The highest BCUT2D eigenvalue weighted by molar-refractivity contribution is 9.10. The van der Waals surface area contributed by atoms with Crippen LogP contribution in [-0.2, 0) is 16.8 Å². The molecule has 4 nitrogen and oxygen atoms in total. The number of fused-ring (bicyclic) bond motifs is 3. The topological polar surface area (TPSA) is 38.1 Å². The fourth-order valence-electron chi connectivity index (χ4n) is 4.63. The van der Waals surface area contributed by atoms with E-state index < -0.39 is 5.41 Å². The minimum Gasteiger partial charge on any atom is -0.308 e. The largest absolute Gasteiger partial charge is 0.308 e. The van der Waals surface area contributed by atoms with Gasteiger partial charge in [-0.1, -0.05) is 53.0 Å². The Kier molecular flexibility index (Phi) is 3.67. The summed E-state index contributed by atoms with van der Waals surface area (Å²) >= 11 is 3.57. The van der Waals surface area contributed by atoms with Crippen molar-refractivity contribution < 1.29 is 4.79 Å². The third-order valence-corrected chi connectivity index (χ3v) is 6.41. The highest BCUT2D eigenvalue weighted by atomic mass is 79.9. The highest BCUT2D eigenvalue weighted by Gasteiger charge is 2.47. The molecule has 5 heteroatoms. The van der Waals surface area contributed by atoms with Crippen molar-refractivity contribution in [1.82, 2.24) is 9.55 Å². The molecule has 0 N–H and O–H groups in total. The summed E-state index contributed by atoms with van der Waals surface area (Å²) in [6.45, 7) is 1.53. The molecule has 1 aromatic heterocycles. The molecule has 1 amide bonds. The van der Waals surface area contributed by atoms with Gasteiger partial charge in [0.1, 0.15) is 0 Å². The van der Waals surface area contributed by atoms with Gasteiger partial charge in [0, 0.05) is 17.6 Å². The lowest BCUT2D eigenvalue weighted by Crippen LogP contribution is -2.45. The van der Waals surface area contributed by atoms with E-state index in [2.05, 4.69) is 38.7 Å². The van der Waals surface area contributed by atoms with Crippen molar-refractivity contribution in [1.29, 1.82) is 0 Å². The van der Waals surface area contributed by atoms with Gasteiger partial charge in [-0.3, -0.25) is 9.69 Å². The van der Waals surface area contributed by atoms with E-state index in [1.807, 2.05) is 35.2 Å². The molecule has 5 rings (SSSR count). The lowest BCUT2D eigenvalue weighted by Gasteiger charge is -2.32. The molecule has 2 aromatic carbocycles. The molecular formula is C21H20BrN3O. The normalized spacial score (nSPS) is 18.4. The molecule has 132 valence electrons. The van der Waals surface area contributed by atoms with E-state index in [-0.39, 0.29) is 5.91 Å². The van der Waals surface area contributed by atoms with Crippen molar-refractivity contribution in [2.75, 3.05) is 11.4 Å². The van der Waals surface area contributed by atoms with Crippen LogP contribution in [0.3, 0.4) is 0 Å². The van der Waals surface area contributed by atoms with Crippen LogP contribution in [0.1, 0.15) is 31.2 Å². The van der Waals surface area contributed by atoms with E-state index in [1.165, 1.54) is 0 Å². The van der Waals surface area contributed by atoms with Crippen LogP contribution in [0.15, 0.2) is 53.0 Å². The van der Waals surface area contributed by atoms with Gasteiger partial charge < -0.3 is 4.57 Å². The van der Waals surface area contributed by atoms with Gasteiger partial charge in [0.2, 0.25) is 11.9 Å². The minimum absolute atomic E-state index is 0.210. The van der Waals surface area contributed by atoms with Crippen molar-refractivity contribution in [3.8, 4) is 0 Å². The monoisotopic (exact) mass is 409 g/mol. The standard InChI is InChI=1S/C21H20BrN3O/c22-16-7-5-6-15(14-16)21(10-3-4-11-21)19(26)25-13-12-24-18-9-2-1-8-17(18)23-20(24)25/h1-2,5-9,14H,3-4,10-13H2. The molecule has 0 spiro atoms. The second kappa shape index (κ2) is 5.95. The molecule has 0 bridgehead atoms. The van der Waals surface area contributed by atoms with Crippen LogP contribution in [0.5, 0.6) is 0 Å². The summed E-state index contributed by atoms with van der Waals surface area (Å²) in [5, 5.41) is 0. The van der Waals surface area contributed by atoms with Crippen molar-refractivity contribution >= 4 is 38.8 Å². The number of hydrogen-bond donors (Lipinski definition) is 0. The van der Waals surface area contributed by atoms with Crippen molar-refractivity contribution in [3.05, 3.63) is 58.6 Å². The van der Waals surface area contributed by atoms with Crippen molar-refractivity contribution in [3.63, 3.8) is 0 Å². The summed E-state index contributed by atoms with van der Waals surface area (Å²) in [6.07, 6.45) is 4.03. The Balaban J connectivity index is 1.59. The SMILES string of the molecule is O=C(N1CCn2c1nc1ccccc12)C1(c2cccc(Br)c2)CCCC1. The number of amides is 1. The number of anilines is 1. The molecule has 2 heterocycles. The van der Waals surface area contributed by atoms with Crippen LogP contribution >= 0.6 is 15.9 Å². The first-order valence-electron chi connectivity index (χ1n) is 9.22. The fourth-order valence-corrected chi connectivity index (χ4v) is 5.03. The molecule has 1 fully saturated rings. The van der Waals surface area contributed by atoms with E-state index in [9.17, 15) is 4.79 Å². The number of aromatic nitrogens is 2. The first kappa shape index (κ1) is 16.1. The summed E-state index contributed by atoms with van der Waals surface area (Å²) in [6, 6.07) is 16.4. The number of nitrogens with zero attached hydrogens (tertiary/aromatic N) is 3. The number of rotatable bonds is 2. The maximum atomic E-state index is 13.8. The van der Waals surface area contributed by atoms with Gasteiger partial charge in [-0.05, 0) is 42.7 Å². The molecule has 0 radical (unpaired) electrons. The molecule has 0 atom stereocenters. The number of benzene rings is 2.